The molecule has 0 amide bonds. The van der Waals surface area contributed by atoms with Crippen LogP contribution in [0.3, 0.4) is 0 Å². The third kappa shape index (κ3) is 3.20. The number of benzene rings is 1. The maximum atomic E-state index is 10.4. The average Bonchev–Trinajstić information content (AvgIpc) is 2.78. The molecule has 2 rings (SSSR count). The maximum Gasteiger partial charge on any atom is 0.0846 e. The van der Waals surface area contributed by atoms with Crippen molar-refractivity contribution >= 4 is 5.69 Å². The molecule has 0 bridgehead atoms. The Balaban J connectivity index is 2.19. The Hall–Kier alpha value is -1.81. The molecule has 0 saturated heterocycles. The lowest BCUT2D eigenvalue weighted by atomic mass is 10.0. The van der Waals surface area contributed by atoms with Crippen molar-refractivity contribution in [1.29, 1.82) is 0 Å². The molecule has 2 aromatic rings. The summed E-state index contributed by atoms with van der Waals surface area (Å²) in [6, 6.07) is 10.1. The monoisotopic (exact) mass is 273 g/mol. The van der Waals surface area contributed by atoms with Gasteiger partial charge in [0, 0.05) is 38.4 Å². The zero-order valence-corrected chi connectivity index (χ0v) is 12.7. The summed E-state index contributed by atoms with van der Waals surface area (Å²) >= 11 is 0. The van der Waals surface area contributed by atoms with Crippen LogP contribution in [0.4, 0.5) is 5.69 Å². The molecule has 1 heterocycles. The highest BCUT2D eigenvalue weighted by atomic mass is 16.3. The Morgan fingerprint density at radius 1 is 1.30 bits per heavy atom. The van der Waals surface area contributed by atoms with E-state index in [-0.39, 0.29) is 0 Å². The minimum Gasteiger partial charge on any atom is -0.388 e. The maximum absolute atomic E-state index is 10.4. The van der Waals surface area contributed by atoms with Gasteiger partial charge < -0.3 is 10.0 Å². The van der Waals surface area contributed by atoms with Crippen molar-refractivity contribution in [2.24, 2.45) is 0 Å². The van der Waals surface area contributed by atoms with Crippen molar-refractivity contribution in [1.82, 2.24) is 9.78 Å². The fourth-order valence-corrected chi connectivity index (χ4v) is 2.36. The Bertz CT molecular complexity index is 575. The van der Waals surface area contributed by atoms with Crippen molar-refractivity contribution in [3.63, 3.8) is 0 Å². The molecule has 0 fully saturated rings. The van der Waals surface area contributed by atoms with Crippen molar-refractivity contribution in [2.45, 2.75) is 32.9 Å². The summed E-state index contributed by atoms with van der Waals surface area (Å²) in [7, 11) is 4.00. The fraction of sp³-hybridized carbons (Fsp3) is 0.438. The second kappa shape index (κ2) is 6.09. The molecule has 1 unspecified atom stereocenters. The van der Waals surface area contributed by atoms with Gasteiger partial charge in [-0.15, -0.1) is 0 Å². The molecule has 0 aliphatic heterocycles. The molecular formula is C16H23N3O. The third-order valence-electron chi connectivity index (χ3n) is 3.46. The first kappa shape index (κ1) is 14.6. The van der Waals surface area contributed by atoms with E-state index in [2.05, 4.69) is 12.0 Å². The van der Waals surface area contributed by atoms with Crippen LogP contribution in [0.5, 0.6) is 0 Å². The number of hydrogen-bond donors (Lipinski definition) is 1. The van der Waals surface area contributed by atoms with E-state index in [1.165, 1.54) is 0 Å². The summed E-state index contributed by atoms with van der Waals surface area (Å²) in [4.78, 5) is 2.04. The zero-order chi connectivity index (χ0) is 14.7. The summed E-state index contributed by atoms with van der Waals surface area (Å²) in [6.07, 6.45) is 0.0854. The van der Waals surface area contributed by atoms with Crippen molar-refractivity contribution in [3.05, 3.63) is 47.3 Å². The van der Waals surface area contributed by atoms with Gasteiger partial charge in [0.25, 0.3) is 0 Å². The quantitative estimate of drug-likeness (QED) is 0.910. The van der Waals surface area contributed by atoms with Crippen LogP contribution in [0.1, 0.15) is 30.0 Å². The van der Waals surface area contributed by atoms with Crippen LogP contribution in [0.15, 0.2) is 30.3 Å². The van der Waals surface area contributed by atoms with E-state index in [4.69, 9.17) is 0 Å². The number of aryl methyl sites for hydroxylation is 2. The van der Waals surface area contributed by atoms with Gasteiger partial charge in [0.15, 0.2) is 0 Å². The van der Waals surface area contributed by atoms with E-state index in [1.54, 1.807) is 0 Å². The highest BCUT2D eigenvalue weighted by molar-refractivity contribution is 5.47. The summed E-state index contributed by atoms with van der Waals surface area (Å²) in [6.45, 7) is 4.87. The summed E-state index contributed by atoms with van der Waals surface area (Å²) in [5.74, 6) is 0. The summed E-state index contributed by atoms with van der Waals surface area (Å²) < 4.78 is 1.95. The van der Waals surface area contributed by atoms with Crippen LogP contribution in [0, 0.1) is 6.92 Å². The van der Waals surface area contributed by atoms with E-state index >= 15 is 0 Å². The minimum absolute atomic E-state index is 0.503. The van der Waals surface area contributed by atoms with Crippen LogP contribution in [-0.2, 0) is 13.0 Å². The lowest BCUT2D eigenvalue weighted by Gasteiger charge is -2.16. The van der Waals surface area contributed by atoms with Gasteiger partial charge in [0.05, 0.1) is 11.8 Å². The molecule has 0 saturated carbocycles. The molecule has 1 atom stereocenters. The minimum atomic E-state index is -0.503. The molecule has 20 heavy (non-hydrogen) atoms. The van der Waals surface area contributed by atoms with Gasteiger partial charge in [-0.25, -0.2) is 0 Å². The number of rotatable bonds is 5. The highest BCUT2D eigenvalue weighted by Crippen LogP contribution is 2.22. The van der Waals surface area contributed by atoms with Crippen molar-refractivity contribution < 1.29 is 5.11 Å². The molecule has 0 aliphatic rings. The Labute approximate surface area is 120 Å². The molecule has 1 N–H and O–H groups in total. The Morgan fingerprint density at radius 2 is 2.05 bits per heavy atom. The lowest BCUT2D eigenvalue weighted by Crippen LogP contribution is -2.11. The number of aliphatic hydroxyl groups is 1. The molecule has 0 spiro atoms. The number of nitrogens with zero attached hydrogens (tertiary/aromatic N) is 3. The predicted molar refractivity (Wildman–Crippen MR) is 82.1 cm³/mol. The first-order valence-corrected chi connectivity index (χ1v) is 7.00. The van der Waals surface area contributed by atoms with Crippen LogP contribution >= 0.6 is 0 Å². The van der Waals surface area contributed by atoms with Gasteiger partial charge >= 0.3 is 0 Å². The van der Waals surface area contributed by atoms with Gasteiger partial charge in [-0.2, -0.15) is 5.10 Å². The van der Waals surface area contributed by atoms with Gasteiger partial charge in [-0.1, -0.05) is 12.1 Å². The fourth-order valence-electron chi connectivity index (χ4n) is 2.36. The van der Waals surface area contributed by atoms with Crippen LogP contribution < -0.4 is 4.90 Å². The SMILES string of the molecule is CCn1nc(C)cc1CC(O)c1cccc(N(C)C)c1. The number of hydrogen-bond acceptors (Lipinski definition) is 3. The Kier molecular flexibility index (Phi) is 4.45. The number of anilines is 1. The van der Waals surface area contributed by atoms with Crippen molar-refractivity contribution in [2.75, 3.05) is 19.0 Å². The first-order valence-electron chi connectivity index (χ1n) is 7.00. The zero-order valence-electron chi connectivity index (χ0n) is 12.7. The average molecular weight is 273 g/mol. The van der Waals surface area contributed by atoms with Gasteiger partial charge in [0.1, 0.15) is 0 Å². The standard InChI is InChI=1S/C16H23N3O/c1-5-19-15(9-12(2)17-19)11-16(20)13-7-6-8-14(10-13)18(3)4/h6-10,16,20H,5,11H2,1-4H3. The smallest absolute Gasteiger partial charge is 0.0846 e. The Morgan fingerprint density at radius 3 is 2.70 bits per heavy atom. The highest BCUT2D eigenvalue weighted by Gasteiger charge is 2.13. The molecule has 1 aromatic heterocycles. The number of aromatic nitrogens is 2. The van der Waals surface area contributed by atoms with Crippen LogP contribution in [0.25, 0.3) is 0 Å². The van der Waals surface area contributed by atoms with E-state index in [0.29, 0.717) is 6.42 Å². The number of aliphatic hydroxyl groups excluding tert-OH is 1. The molecule has 108 valence electrons. The largest absolute Gasteiger partial charge is 0.388 e. The second-order valence-corrected chi connectivity index (χ2v) is 5.30. The normalized spacial score (nSPS) is 12.4. The molecule has 0 radical (unpaired) electrons. The van der Waals surface area contributed by atoms with E-state index in [9.17, 15) is 5.11 Å². The second-order valence-electron chi connectivity index (χ2n) is 5.30. The van der Waals surface area contributed by atoms with Crippen molar-refractivity contribution in [3.8, 4) is 0 Å². The molecular weight excluding hydrogens is 250 g/mol. The van der Waals surface area contributed by atoms with Gasteiger partial charge in [-0.3, -0.25) is 4.68 Å². The predicted octanol–water partition coefficient (Wildman–Crippen LogP) is 2.55. The lowest BCUT2D eigenvalue weighted by molar-refractivity contribution is 0.175. The summed E-state index contributed by atoms with van der Waals surface area (Å²) in [5.41, 5.74) is 4.11. The molecule has 4 heteroatoms. The van der Waals surface area contributed by atoms with Crippen LogP contribution in [0.2, 0.25) is 0 Å². The molecule has 4 nitrogen and oxygen atoms in total. The van der Waals surface area contributed by atoms with E-state index < -0.39 is 6.10 Å². The van der Waals surface area contributed by atoms with E-state index in [1.807, 2.05) is 60.9 Å². The van der Waals surface area contributed by atoms with Gasteiger partial charge in [-0.05, 0) is 37.6 Å². The first-order chi connectivity index (χ1) is 9.51. The van der Waals surface area contributed by atoms with Gasteiger partial charge in [0.2, 0.25) is 0 Å². The topological polar surface area (TPSA) is 41.3 Å². The molecule has 0 aliphatic carbocycles. The summed E-state index contributed by atoms with van der Waals surface area (Å²) in [5, 5.41) is 14.9. The molecule has 1 aromatic carbocycles. The van der Waals surface area contributed by atoms with Crippen LogP contribution in [-0.4, -0.2) is 29.0 Å². The van der Waals surface area contributed by atoms with E-state index in [0.717, 1.165) is 29.2 Å². The third-order valence-corrected chi connectivity index (χ3v) is 3.46.